The zero-order valence-electron chi connectivity index (χ0n) is 17.5. The lowest BCUT2D eigenvalue weighted by molar-refractivity contribution is -0.132. The smallest absolute Gasteiger partial charge is 0.277 e. The highest BCUT2D eigenvalue weighted by atomic mass is 35.5. The maximum absolute atomic E-state index is 12.6. The topological polar surface area (TPSA) is 101 Å². The SMILES string of the molecule is Cc1ccc(NC(=O)C2CCN(C(=O)CSc3nnc(-c4ccc(Cl)cc4)o3)CC2)nc1. The number of nitrogens with zero attached hydrogens (tertiary/aromatic N) is 4. The third-order valence-electron chi connectivity index (χ3n) is 5.20. The highest BCUT2D eigenvalue weighted by Gasteiger charge is 2.27. The van der Waals surface area contributed by atoms with Crippen molar-refractivity contribution in [2.24, 2.45) is 5.92 Å². The van der Waals surface area contributed by atoms with Crippen LogP contribution in [0.15, 0.2) is 52.2 Å². The molecule has 0 radical (unpaired) electrons. The van der Waals surface area contributed by atoms with Crippen LogP contribution < -0.4 is 5.32 Å². The van der Waals surface area contributed by atoms with Crippen LogP contribution >= 0.6 is 23.4 Å². The van der Waals surface area contributed by atoms with Crippen molar-refractivity contribution in [2.75, 3.05) is 24.2 Å². The van der Waals surface area contributed by atoms with Gasteiger partial charge in [0.1, 0.15) is 5.82 Å². The monoisotopic (exact) mass is 471 g/mol. The van der Waals surface area contributed by atoms with Gasteiger partial charge in [-0.25, -0.2) is 4.98 Å². The molecule has 2 aromatic heterocycles. The van der Waals surface area contributed by atoms with Crippen LogP contribution in [0.1, 0.15) is 18.4 Å². The number of halogens is 1. The zero-order valence-corrected chi connectivity index (χ0v) is 19.0. The van der Waals surface area contributed by atoms with Gasteiger partial charge in [0.2, 0.25) is 17.7 Å². The average Bonchev–Trinajstić information content (AvgIpc) is 3.28. The third kappa shape index (κ3) is 5.66. The molecule has 1 saturated heterocycles. The molecular weight excluding hydrogens is 450 g/mol. The van der Waals surface area contributed by atoms with Crippen LogP contribution in [-0.4, -0.2) is 50.7 Å². The Morgan fingerprint density at radius 1 is 1.16 bits per heavy atom. The summed E-state index contributed by atoms with van der Waals surface area (Å²) in [5.74, 6) is 0.933. The van der Waals surface area contributed by atoms with Gasteiger partial charge in [-0.3, -0.25) is 9.59 Å². The number of benzene rings is 1. The number of hydrogen-bond acceptors (Lipinski definition) is 7. The van der Waals surface area contributed by atoms with Crippen molar-refractivity contribution in [3.63, 3.8) is 0 Å². The van der Waals surface area contributed by atoms with Gasteiger partial charge in [0.05, 0.1) is 5.75 Å². The number of hydrogen-bond donors (Lipinski definition) is 1. The van der Waals surface area contributed by atoms with Gasteiger partial charge in [0.15, 0.2) is 0 Å². The van der Waals surface area contributed by atoms with Crippen molar-refractivity contribution < 1.29 is 14.0 Å². The Balaban J connectivity index is 1.23. The molecular formula is C22H22ClN5O3S. The molecule has 0 spiro atoms. The molecule has 166 valence electrons. The summed E-state index contributed by atoms with van der Waals surface area (Å²) in [6.07, 6.45) is 2.96. The quantitative estimate of drug-likeness (QED) is 0.541. The maximum Gasteiger partial charge on any atom is 0.277 e. The van der Waals surface area contributed by atoms with Crippen LogP contribution in [0.4, 0.5) is 5.82 Å². The van der Waals surface area contributed by atoms with E-state index in [-0.39, 0.29) is 23.5 Å². The molecule has 2 amide bonds. The van der Waals surface area contributed by atoms with E-state index >= 15 is 0 Å². The Hall–Kier alpha value is -2.91. The Labute approximate surface area is 194 Å². The number of rotatable bonds is 6. The first-order chi connectivity index (χ1) is 15.5. The summed E-state index contributed by atoms with van der Waals surface area (Å²) in [5.41, 5.74) is 1.80. The Morgan fingerprint density at radius 2 is 1.91 bits per heavy atom. The number of carbonyl (C=O) groups is 2. The molecule has 1 N–H and O–H groups in total. The van der Waals surface area contributed by atoms with Crippen molar-refractivity contribution in [1.29, 1.82) is 0 Å². The standard InChI is InChI=1S/C22H22ClN5O3S/c1-14-2-7-18(24-12-14)25-20(30)15-8-10-28(11-9-15)19(29)13-32-22-27-26-21(31-22)16-3-5-17(23)6-4-16/h2-7,12,15H,8-11,13H2,1H3,(H,24,25,30). The number of aromatic nitrogens is 3. The van der Waals surface area contributed by atoms with Gasteiger partial charge in [-0.2, -0.15) is 0 Å². The number of amides is 2. The molecule has 10 heteroatoms. The first kappa shape index (κ1) is 22.3. The van der Waals surface area contributed by atoms with Gasteiger partial charge in [-0.05, 0) is 55.7 Å². The molecule has 0 bridgehead atoms. The number of likely N-dealkylation sites (tertiary alicyclic amines) is 1. The number of piperidine rings is 1. The van der Waals surface area contributed by atoms with Crippen molar-refractivity contribution in [2.45, 2.75) is 25.0 Å². The second kappa shape index (κ2) is 10.1. The van der Waals surface area contributed by atoms with E-state index in [4.69, 9.17) is 16.0 Å². The molecule has 1 aliphatic heterocycles. The molecule has 0 aliphatic carbocycles. The molecule has 3 aromatic rings. The predicted octanol–water partition coefficient (Wildman–Crippen LogP) is 4.06. The third-order valence-corrected chi connectivity index (χ3v) is 6.25. The fourth-order valence-electron chi connectivity index (χ4n) is 3.35. The van der Waals surface area contributed by atoms with E-state index in [1.54, 1.807) is 41.4 Å². The van der Waals surface area contributed by atoms with E-state index in [2.05, 4.69) is 20.5 Å². The van der Waals surface area contributed by atoms with Gasteiger partial charge in [-0.1, -0.05) is 29.4 Å². The fourth-order valence-corrected chi connectivity index (χ4v) is 4.15. The van der Waals surface area contributed by atoms with E-state index in [0.29, 0.717) is 47.9 Å². The molecule has 0 saturated carbocycles. The van der Waals surface area contributed by atoms with Gasteiger partial charge in [0.25, 0.3) is 5.22 Å². The van der Waals surface area contributed by atoms with Crippen LogP contribution in [0.5, 0.6) is 0 Å². The summed E-state index contributed by atoms with van der Waals surface area (Å²) in [4.78, 5) is 31.0. The van der Waals surface area contributed by atoms with Crippen LogP contribution in [0.25, 0.3) is 11.5 Å². The fraction of sp³-hybridized carbons (Fsp3) is 0.318. The lowest BCUT2D eigenvalue weighted by Gasteiger charge is -2.31. The number of nitrogens with one attached hydrogen (secondary N) is 1. The van der Waals surface area contributed by atoms with Crippen molar-refractivity contribution in [1.82, 2.24) is 20.1 Å². The van der Waals surface area contributed by atoms with Gasteiger partial charge in [-0.15, -0.1) is 10.2 Å². The van der Waals surface area contributed by atoms with Gasteiger partial charge in [0, 0.05) is 35.8 Å². The highest BCUT2D eigenvalue weighted by Crippen LogP contribution is 2.25. The number of aryl methyl sites for hydroxylation is 1. The average molecular weight is 472 g/mol. The second-order valence-corrected chi connectivity index (χ2v) is 8.90. The normalized spacial score (nSPS) is 14.4. The summed E-state index contributed by atoms with van der Waals surface area (Å²) in [6, 6.07) is 10.8. The van der Waals surface area contributed by atoms with E-state index < -0.39 is 0 Å². The van der Waals surface area contributed by atoms with E-state index in [9.17, 15) is 9.59 Å². The molecule has 0 atom stereocenters. The summed E-state index contributed by atoms with van der Waals surface area (Å²) in [7, 11) is 0. The lowest BCUT2D eigenvalue weighted by atomic mass is 9.96. The molecule has 4 rings (SSSR count). The molecule has 1 fully saturated rings. The second-order valence-electron chi connectivity index (χ2n) is 7.53. The van der Waals surface area contributed by atoms with E-state index in [1.807, 2.05) is 13.0 Å². The van der Waals surface area contributed by atoms with Gasteiger partial charge >= 0.3 is 0 Å². The van der Waals surface area contributed by atoms with E-state index in [1.165, 1.54) is 11.8 Å². The first-order valence-electron chi connectivity index (χ1n) is 10.2. The molecule has 1 aromatic carbocycles. The number of carbonyl (C=O) groups excluding carboxylic acids is 2. The summed E-state index contributed by atoms with van der Waals surface area (Å²) >= 11 is 7.10. The number of thioether (sulfide) groups is 1. The van der Waals surface area contributed by atoms with Gasteiger partial charge < -0.3 is 14.6 Å². The lowest BCUT2D eigenvalue weighted by Crippen LogP contribution is -2.42. The minimum Gasteiger partial charge on any atom is -0.411 e. The number of pyridine rings is 1. The Morgan fingerprint density at radius 3 is 2.59 bits per heavy atom. The molecule has 3 heterocycles. The first-order valence-corrected chi connectivity index (χ1v) is 11.6. The molecule has 32 heavy (non-hydrogen) atoms. The van der Waals surface area contributed by atoms with Crippen LogP contribution in [0.2, 0.25) is 5.02 Å². The van der Waals surface area contributed by atoms with Crippen molar-refractivity contribution >= 4 is 41.0 Å². The van der Waals surface area contributed by atoms with Crippen LogP contribution in [0.3, 0.4) is 0 Å². The molecule has 8 nitrogen and oxygen atoms in total. The van der Waals surface area contributed by atoms with Crippen LogP contribution in [-0.2, 0) is 9.59 Å². The minimum atomic E-state index is -0.132. The van der Waals surface area contributed by atoms with E-state index in [0.717, 1.165) is 11.1 Å². The molecule has 1 aliphatic rings. The van der Waals surface area contributed by atoms with Crippen LogP contribution in [0, 0.1) is 12.8 Å². The zero-order chi connectivity index (χ0) is 22.5. The Bertz CT molecular complexity index is 1080. The predicted molar refractivity (Wildman–Crippen MR) is 122 cm³/mol. The van der Waals surface area contributed by atoms with Crippen molar-refractivity contribution in [3.05, 3.63) is 53.2 Å². The summed E-state index contributed by atoms with van der Waals surface area (Å²) in [6.45, 7) is 3.03. The largest absolute Gasteiger partial charge is 0.411 e. The Kier molecular flexibility index (Phi) is 7.06. The summed E-state index contributed by atoms with van der Waals surface area (Å²) in [5, 5.41) is 11.8. The maximum atomic E-state index is 12.6. The van der Waals surface area contributed by atoms with Crippen molar-refractivity contribution in [3.8, 4) is 11.5 Å². The number of anilines is 1. The molecule has 0 unspecified atom stereocenters. The summed E-state index contributed by atoms with van der Waals surface area (Å²) < 4.78 is 5.63. The minimum absolute atomic E-state index is 0.0136. The highest BCUT2D eigenvalue weighted by molar-refractivity contribution is 7.99.